The van der Waals surface area contributed by atoms with Gasteiger partial charge in [-0.1, -0.05) is 38.3 Å². The first-order valence-electron chi connectivity index (χ1n) is 7.68. The maximum atomic E-state index is 6.24. The van der Waals surface area contributed by atoms with Gasteiger partial charge in [-0.25, -0.2) is 9.97 Å². The van der Waals surface area contributed by atoms with E-state index in [-0.39, 0.29) is 0 Å². The van der Waals surface area contributed by atoms with Gasteiger partial charge >= 0.3 is 0 Å². The normalized spacial score (nSPS) is 23.6. The van der Waals surface area contributed by atoms with Gasteiger partial charge in [0.05, 0.1) is 0 Å². The summed E-state index contributed by atoms with van der Waals surface area (Å²) in [5.74, 6) is 2.44. The zero-order chi connectivity index (χ0) is 13.8. The van der Waals surface area contributed by atoms with E-state index in [9.17, 15) is 0 Å². The first kappa shape index (κ1) is 14.8. The fourth-order valence-corrected chi connectivity index (χ4v) is 3.39. The van der Waals surface area contributed by atoms with Crippen LogP contribution in [0, 0.1) is 12.8 Å². The van der Waals surface area contributed by atoms with Gasteiger partial charge in [0.15, 0.2) is 0 Å². The van der Waals surface area contributed by atoms with Crippen molar-refractivity contribution in [2.45, 2.75) is 71.6 Å². The summed E-state index contributed by atoms with van der Waals surface area (Å²) in [7, 11) is 0. The number of aromatic nitrogens is 2. The largest absolute Gasteiger partial charge is 0.237 e. The number of aryl methyl sites for hydroxylation is 1. The Labute approximate surface area is 122 Å². The molecule has 0 atom stereocenters. The van der Waals surface area contributed by atoms with Gasteiger partial charge in [-0.2, -0.15) is 0 Å². The van der Waals surface area contributed by atoms with Crippen molar-refractivity contribution in [3.05, 3.63) is 22.2 Å². The average Bonchev–Trinajstić information content (AvgIpc) is 2.43. The van der Waals surface area contributed by atoms with Crippen LogP contribution in [0.25, 0.3) is 0 Å². The van der Waals surface area contributed by atoms with Crippen LogP contribution in [0.5, 0.6) is 0 Å². The molecule has 0 unspecified atom stereocenters. The van der Waals surface area contributed by atoms with E-state index in [1.165, 1.54) is 38.5 Å². The highest BCUT2D eigenvalue weighted by Crippen LogP contribution is 2.36. The van der Waals surface area contributed by atoms with Crippen LogP contribution in [0.15, 0.2) is 0 Å². The monoisotopic (exact) mass is 280 g/mol. The van der Waals surface area contributed by atoms with Crippen molar-refractivity contribution >= 4 is 11.6 Å². The second-order valence-corrected chi connectivity index (χ2v) is 6.16. The van der Waals surface area contributed by atoms with Crippen LogP contribution in [0.4, 0.5) is 0 Å². The van der Waals surface area contributed by atoms with Gasteiger partial charge in [0.2, 0.25) is 0 Å². The molecule has 0 saturated heterocycles. The Hall–Kier alpha value is -0.630. The molecule has 3 heteroatoms. The molecule has 0 aromatic carbocycles. The van der Waals surface area contributed by atoms with E-state index in [0.29, 0.717) is 11.1 Å². The number of hydrogen-bond acceptors (Lipinski definition) is 2. The standard InChI is InChI=1S/C16H25ClN2/c1-4-6-12-7-9-13(10-8-12)16-18-14(5-2)11(3)15(17)19-16/h12-13H,4-10H2,1-3H3. The zero-order valence-electron chi connectivity index (χ0n) is 12.4. The molecule has 1 aromatic rings. The minimum absolute atomic E-state index is 0.525. The minimum Gasteiger partial charge on any atom is -0.237 e. The minimum atomic E-state index is 0.525. The van der Waals surface area contributed by atoms with Crippen molar-refractivity contribution < 1.29 is 0 Å². The van der Waals surface area contributed by atoms with Gasteiger partial charge < -0.3 is 0 Å². The summed E-state index contributed by atoms with van der Waals surface area (Å²) in [5.41, 5.74) is 2.17. The van der Waals surface area contributed by atoms with Gasteiger partial charge in [0, 0.05) is 17.2 Å². The van der Waals surface area contributed by atoms with Gasteiger partial charge in [-0.3, -0.25) is 0 Å². The van der Waals surface area contributed by atoms with E-state index in [2.05, 4.69) is 18.8 Å². The molecule has 0 aliphatic heterocycles. The molecular weight excluding hydrogens is 256 g/mol. The highest BCUT2D eigenvalue weighted by molar-refractivity contribution is 6.30. The van der Waals surface area contributed by atoms with Crippen molar-refractivity contribution in [2.75, 3.05) is 0 Å². The molecule has 0 spiro atoms. The molecule has 0 amide bonds. The molecule has 1 aromatic heterocycles. The molecule has 0 bridgehead atoms. The fraction of sp³-hybridized carbons (Fsp3) is 0.750. The summed E-state index contributed by atoms with van der Waals surface area (Å²) in [6, 6.07) is 0. The lowest BCUT2D eigenvalue weighted by atomic mass is 9.79. The molecular formula is C16H25ClN2. The second kappa shape index (κ2) is 6.69. The SMILES string of the molecule is CCCC1CCC(c2nc(Cl)c(C)c(CC)n2)CC1. The maximum absolute atomic E-state index is 6.24. The lowest BCUT2D eigenvalue weighted by Gasteiger charge is -2.27. The summed E-state index contributed by atoms with van der Waals surface area (Å²) in [6.45, 7) is 6.43. The van der Waals surface area contributed by atoms with E-state index in [4.69, 9.17) is 16.6 Å². The van der Waals surface area contributed by atoms with Gasteiger partial charge in [0.25, 0.3) is 0 Å². The Balaban J connectivity index is 2.09. The number of nitrogens with zero attached hydrogens (tertiary/aromatic N) is 2. The Kier molecular flexibility index (Phi) is 5.20. The third-order valence-corrected chi connectivity index (χ3v) is 4.82. The predicted octanol–water partition coefficient (Wildman–Crippen LogP) is 5.07. The quantitative estimate of drug-likeness (QED) is 0.719. The first-order valence-corrected chi connectivity index (χ1v) is 8.06. The lowest BCUT2D eigenvalue weighted by Crippen LogP contribution is -2.16. The molecule has 0 radical (unpaired) electrons. The average molecular weight is 281 g/mol. The van der Waals surface area contributed by atoms with Crippen LogP contribution < -0.4 is 0 Å². The Bertz CT molecular complexity index is 423. The molecule has 1 aliphatic carbocycles. The lowest BCUT2D eigenvalue weighted by molar-refractivity contribution is 0.302. The molecule has 1 heterocycles. The Morgan fingerprint density at radius 1 is 1.11 bits per heavy atom. The highest BCUT2D eigenvalue weighted by atomic mass is 35.5. The molecule has 106 valence electrons. The smallest absolute Gasteiger partial charge is 0.135 e. The van der Waals surface area contributed by atoms with Crippen molar-refractivity contribution in [3.63, 3.8) is 0 Å². The zero-order valence-corrected chi connectivity index (χ0v) is 13.1. The topological polar surface area (TPSA) is 25.8 Å². The molecule has 2 nitrogen and oxygen atoms in total. The van der Waals surface area contributed by atoms with Crippen LogP contribution in [0.2, 0.25) is 5.15 Å². The molecule has 1 fully saturated rings. The van der Waals surface area contributed by atoms with Crippen LogP contribution in [-0.4, -0.2) is 9.97 Å². The van der Waals surface area contributed by atoms with Crippen LogP contribution in [0.3, 0.4) is 0 Å². The second-order valence-electron chi connectivity index (χ2n) is 5.80. The highest BCUT2D eigenvalue weighted by Gasteiger charge is 2.24. The van der Waals surface area contributed by atoms with Crippen LogP contribution in [-0.2, 0) is 6.42 Å². The van der Waals surface area contributed by atoms with E-state index in [1.807, 2.05) is 6.92 Å². The van der Waals surface area contributed by atoms with Gasteiger partial charge in [0.1, 0.15) is 11.0 Å². The van der Waals surface area contributed by atoms with Crippen LogP contribution in [0.1, 0.15) is 75.4 Å². The summed E-state index contributed by atoms with van der Waals surface area (Å²) in [4.78, 5) is 9.28. The first-order chi connectivity index (χ1) is 9.15. The van der Waals surface area contributed by atoms with E-state index >= 15 is 0 Å². The van der Waals surface area contributed by atoms with E-state index in [1.54, 1.807) is 0 Å². The van der Waals surface area contributed by atoms with Gasteiger partial charge in [-0.15, -0.1) is 0 Å². The summed E-state index contributed by atoms with van der Waals surface area (Å²) in [6.07, 6.45) is 8.74. The van der Waals surface area contributed by atoms with Crippen molar-refractivity contribution in [1.29, 1.82) is 0 Å². The van der Waals surface area contributed by atoms with E-state index in [0.717, 1.165) is 29.4 Å². The third kappa shape index (κ3) is 3.47. The van der Waals surface area contributed by atoms with Crippen molar-refractivity contribution in [2.24, 2.45) is 5.92 Å². The summed E-state index contributed by atoms with van der Waals surface area (Å²) in [5, 5.41) is 0.650. The molecule has 19 heavy (non-hydrogen) atoms. The van der Waals surface area contributed by atoms with E-state index < -0.39 is 0 Å². The van der Waals surface area contributed by atoms with Crippen molar-refractivity contribution in [1.82, 2.24) is 9.97 Å². The third-order valence-electron chi connectivity index (χ3n) is 4.45. The number of halogens is 1. The van der Waals surface area contributed by atoms with Gasteiger partial charge in [-0.05, 0) is 44.9 Å². The Morgan fingerprint density at radius 3 is 2.37 bits per heavy atom. The molecule has 0 N–H and O–H groups in total. The Morgan fingerprint density at radius 2 is 1.79 bits per heavy atom. The maximum Gasteiger partial charge on any atom is 0.135 e. The molecule has 2 rings (SSSR count). The molecule has 1 aliphatic rings. The summed E-state index contributed by atoms with van der Waals surface area (Å²) < 4.78 is 0. The van der Waals surface area contributed by atoms with Crippen molar-refractivity contribution in [3.8, 4) is 0 Å². The number of rotatable bonds is 4. The summed E-state index contributed by atoms with van der Waals surface area (Å²) >= 11 is 6.24. The number of hydrogen-bond donors (Lipinski definition) is 0. The molecule has 1 saturated carbocycles. The fourth-order valence-electron chi connectivity index (χ4n) is 3.19. The van der Waals surface area contributed by atoms with Crippen LogP contribution >= 0.6 is 11.6 Å². The predicted molar refractivity (Wildman–Crippen MR) is 80.8 cm³/mol.